The van der Waals surface area contributed by atoms with Crippen LogP contribution >= 0.6 is 0 Å². The number of carbonyl (C=O) groups is 2. The van der Waals surface area contributed by atoms with Crippen molar-refractivity contribution in [2.75, 3.05) is 25.6 Å². The number of methoxy groups -OCH3 is 1. The van der Waals surface area contributed by atoms with Crippen LogP contribution in [0.4, 0.5) is 5.69 Å². The normalized spacial score (nSPS) is 10.9. The number of amides is 2. The van der Waals surface area contributed by atoms with Crippen molar-refractivity contribution in [1.82, 2.24) is 24.5 Å². The minimum Gasteiger partial charge on any atom is -0.383 e. The molecule has 0 aliphatic heterocycles. The number of carbonyl (C=O) groups excluding carboxylic acids is 2. The number of ether oxygens (including phenoxy) is 1. The van der Waals surface area contributed by atoms with Crippen LogP contribution in [0.2, 0.25) is 0 Å². The number of aryl methyl sites for hydroxylation is 1. The Kier molecular flexibility index (Phi) is 5.76. The molecule has 3 aromatic heterocycles. The van der Waals surface area contributed by atoms with Gasteiger partial charge in [0, 0.05) is 50.4 Å². The maximum atomic E-state index is 12.9. The number of nitrogens with one attached hydrogen (secondary N) is 2. The van der Waals surface area contributed by atoms with Gasteiger partial charge in [0.2, 0.25) is 0 Å². The monoisotopic (exact) mass is 418 g/mol. The van der Waals surface area contributed by atoms with E-state index < -0.39 is 5.91 Å². The van der Waals surface area contributed by atoms with E-state index in [0.29, 0.717) is 24.5 Å². The van der Waals surface area contributed by atoms with Gasteiger partial charge in [0.25, 0.3) is 11.8 Å². The van der Waals surface area contributed by atoms with Gasteiger partial charge in [-0.3, -0.25) is 14.3 Å². The first-order valence-corrected chi connectivity index (χ1v) is 9.71. The maximum Gasteiger partial charge on any atom is 0.274 e. The highest BCUT2D eigenvalue weighted by Gasteiger charge is 2.22. The van der Waals surface area contributed by atoms with Crippen molar-refractivity contribution in [2.24, 2.45) is 7.05 Å². The van der Waals surface area contributed by atoms with E-state index in [0.717, 1.165) is 11.3 Å². The van der Waals surface area contributed by atoms with E-state index in [-0.39, 0.29) is 17.2 Å². The molecule has 0 radical (unpaired) electrons. The summed E-state index contributed by atoms with van der Waals surface area (Å²) in [4.78, 5) is 30.0. The summed E-state index contributed by atoms with van der Waals surface area (Å²) in [5.74, 6) is -0.817. The molecule has 1 aromatic carbocycles. The van der Waals surface area contributed by atoms with E-state index in [4.69, 9.17) is 4.74 Å². The van der Waals surface area contributed by atoms with Crippen LogP contribution in [0.15, 0.2) is 61.1 Å². The van der Waals surface area contributed by atoms with E-state index in [1.54, 1.807) is 26.3 Å². The van der Waals surface area contributed by atoms with Crippen LogP contribution in [0, 0.1) is 0 Å². The Morgan fingerprint density at radius 2 is 1.94 bits per heavy atom. The fourth-order valence-corrected chi connectivity index (χ4v) is 3.23. The molecule has 0 bridgehead atoms. The fraction of sp³-hybridized carbons (Fsp3) is 0.182. The molecule has 31 heavy (non-hydrogen) atoms. The zero-order chi connectivity index (χ0) is 21.8. The molecule has 9 nitrogen and oxygen atoms in total. The molecule has 2 amide bonds. The molecule has 9 heteroatoms. The number of aromatic nitrogens is 4. The maximum absolute atomic E-state index is 12.9. The average molecular weight is 418 g/mol. The Bertz CT molecular complexity index is 1230. The van der Waals surface area contributed by atoms with Gasteiger partial charge in [-0.05, 0) is 6.07 Å². The second-order valence-corrected chi connectivity index (χ2v) is 6.91. The van der Waals surface area contributed by atoms with Crippen LogP contribution in [-0.2, 0) is 11.8 Å². The van der Waals surface area contributed by atoms with Crippen LogP contribution in [0.3, 0.4) is 0 Å². The van der Waals surface area contributed by atoms with E-state index in [2.05, 4.69) is 20.7 Å². The van der Waals surface area contributed by atoms with Gasteiger partial charge in [-0.2, -0.15) is 5.10 Å². The largest absolute Gasteiger partial charge is 0.383 e. The molecule has 0 fully saturated rings. The number of hydrogen-bond donors (Lipinski definition) is 2. The third-order valence-electron chi connectivity index (χ3n) is 4.78. The zero-order valence-corrected chi connectivity index (χ0v) is 17.2. The first-order chi connectivity index (χ1) is 15.1. The number of fused-ring (bicyclic) bond motifs is 1. The summed E-state index contributed by atoms with van der Waals surface area (Å²) in [6, 6.07) is 13.4. The Balaban J connectivity index is 1.55. The number of imidazole rings is 1. The second kappa shape index (κ2) is 8.80. The molecule has 2 N–H and O–H groups in total. The van der Waals surface area contributed by atoms with E-state index in [1.165, 1.54) is 10.9 Å². The molecule has 0 saturated carbocycles. The van der Waals surface area contributed by atoms with Crippen molar-refractivity contribution in [1.29, 1.82) is 0 Å². The van der Waals surface area contributed by atoms with Crippen molar-refractivity contribution < 1.29 is 14.3 Å². The molecule has 0 aliphatic carbocycles. The summed E-state index contributed by atoms with van der Waals surface area (Å²) in [7, 11) is 3.17. The highest BCUT2D eigenvalue weighted by atomic mass is 16.5. The molecular weight excluding hydrogens is 396 g/mol. The number of pyridine rings is 1. The van der Waals surface area contributed by atoms with Crippen molar-refractivity contribution >= 4 is 23.1 Å². The lowest BCUT2D eigenvalue weighted by molar-refractivity contribution is 0.0924. The Morgan fingerprint density at radius 1 is 1.13 bits per heavy atom. The fourth-order valence-electron chi connectivity index (χ4n) is 3.23. The standard InChI is InChI=1S/C22H22N6O3/c1-27-20(17(13-24-27)21(29)23-9-11-31-2)22(30)25-16-8-10-28-14-18(26-19(28)12-16)15-6-4-3-5-7-15/h3-8,10,12-14H,9,11H2,1-2H3,(H,23,29)(H,25,30). The van der Waals surface area contributed by atoms with Gasteiger partial charge in [-0.1, -0.05) is 30.3 Å². The van der Waals surface area contributed by atoms with Crippen LogP contribution in [0.25, 0.3) is 16.9 Å². The highest BCUT2D eigenvalue weighted by Crippen LogP contribution is 2.21. The van der Waals surface area contributed by atoms with E-state index in [9.17, 15) is 9.59 Å². The number of anilines is 1. The Labute approximate surface area is 178 Å². The summed E-state index contributed by atoms with van der Waals surface area (Å²) in [5, 5.41) is 9.60. The summed E-state index contributed by atoms with van der Waals surface area (Å²) >= 11 is 0. The van der Waals surface area contributed by atoms with Crippen LogP contribution in [0.1, 0.15) is 20.8 Å². The molecule has 0 aliphatic rings. The minimum absolute atomic E-state index is 0.170. The van der Waals surface area contributed by atoms with Gasteiger partial charge in [0.15, 0.2) is 0 Å². The lowest BCUT2D eigenvalue weighted by Gasteiger charge is -2.09. The molecule has 158 valence electrons. The van der Waals surface area contributed by atoms with Crippen molar-refractivity contribution in [3.63, 3.8) is 0 Å². The van der Waals surface area contributed by atoms with Gasteiger partial charge in [-0.25, -0.2) is 4.98 Å². The molecule has 4 rings (SSSR count). The van der Waals surface area contributed by atoms with Crippen molar-refractivity contribution in [2.45, 2.75) is 0 Å². The van der Waals surface area contributed by atoms with Gasteiger partial charge in [-0.15, -0.1) is 0 Å². The Morgan fingerprint density at radius 3 is 2.71 bits per heavy atom. The lowest BCUT2D eigenvalue weighted by Crippen LogP contribution is -2.29. The van der Waals surface area contributed by atoms with Crippen LogP contribution in [-0.4, -0.2) is 51.2 Å². The van der Waals surface area contributed by atoms with Crippen molar-refractivity contribution in [3.8, 4) is 11.3 Å². The summed E-state index contributed by atoms with van der Waals surface area (Å²) in [5.41, 5.74) is 3.47. The molecular formula is C22H22N6O3. The summed E-state index contributed by atoms with van der Waals surface area (Å²) in [6.07, 6.45) is 5.13. The Hall–Kier alpha value is -3.98. The highest BCUT2D eigenvalue weighted by molar-refractivity contribution is 6.11. The molecule has 0 saturated heterocycles. The predicted molar refractivity (Wildman–Crippen MR) is 116 cm³/mol. The molecule has 0 unspecified atom stereocenters. The topological polar surface area (TPSA) is 103 Å². The quantitative estimate of drug-likeness (QED) is 0.449. The molecule has 4 aromatic rings. The van der Waals surface area contributed by atoms with E-state index in [1.807, 2.05) is 47.1 Å². The third-order valence-corrected chi connectivity index (χ3v) is 4.78. The van der Waals surface area contributed by atoms with Crippen LogP contribution < -0.4 is 10.6 Å². The van der Waals surface area contributed by atoms with Crippen LogP contribution in [0.5, 0.6) is 0 Å². The number of benzene rings is 1. The number of rotatable bonds is 7. The first-order valence-electron chi connectivity index (χ1n) is 9.71. The number of hydrogen-bond acceptors (Lipinski definition) is 5. The lowest BCUT2D eigenvalue weighted by atomic mass is 10.2. The van der Waals surface area contributed by atoms with Gasteiger partial charge < -0.3 is 19.8 Å². The third kappa shape index (κ3) is 4.31. The second-order valence-electron chi connectivity index (χ2n) is 6.91. The number of nitrogens with zero attached hydrogens (tertiary/aromatic N) is 4. The summed E-state index contributed by atoms with van der Waals surface area (Å²) < 4.78 is 8.20. The van der Waals surface area contributed by atoms with Gasteiger partial charge >= 0.3 is 0 Å². The molecule has 0 atom stereocenters. The molecule has 3 heterocycles. The van der Waals surface area contributed by atoms with Gasteiger partial charge in [0.05, 0.1) is 24.1 Å². The SMILES string of the molecule is COCCNC(=O)c1cnn(C)c1C(=O)Nc1ccn2cc(-c3ccccc3)nc2c1. The van der Waals surface area contributed by atoms with Crippen molar-refractivity contribution in [3.05, 3.63) is 72.3 Å². The average Bonchev–Trinajstić information content (AvgIpc) is 3.37. The smallest absolute Gasteiger partial charge is 0.274 e. The van der Waals surface area contributed by atoms with E-state index >= 15 is 0 Å². The predicted octanol–water partition coefficient (Wildman–Crippen LogP) is 2.36. The zero-order valence-electron chi connectivity index (χ0n) is 17.2. The molecule has 0 spiro atoms. The van der Waals surface area contributed by atoms with Gasteiger partial charge in [0.1, 0.15) is 11.3 Å². The minimum atomic E-state index is -0.434. The summed E-state index contributed by atoms with van der Waals surface area (Å²) in [6.45, 7) is 0.717. The first kappa shape index (κ1) is 20.3.